The minimum absolute atomic E-state index is 0.150. The normalized spacial score (nSPS) is 15.8. The number of urea groups is 1. The highest BCUT2D eigenvalue weighted by Crippen LogP contribution is 2.29. The van der Waals surface area contributed by atoms with E-state index in [-0.39, 0.29) is 11.1 Å². The summed E-state index contributed by atoms with van der Waals surface area (Å²) in [6.07, 6.45) is 1.13. The van der Waals surface area contributed by atoms with Crippen LogP contribution in [0.2, 0.25) is 0 Å². The van der Waals surface area contributed by atoms with Crippen LogP contribution in [0.5, 0.6) is 5.75 Å². The van der Waals surface area contributed by atoms with Gasteiger partial charge in [-0.1, -0.05) is 24.3 Å². The quantitative estimate of drug-likeness (QED) is 0.370. The van der Waals surface area contributed by atoms with Gasteiger partial charge >= 0.3 is 11.7 Å². The number of nitro benzene ring substituents is 1. The Bertz CT molecular complexity index is 1030. The molecule has 136 valence electrons. The number of phenols is 1. The van der Waals surface area contributed by atoms with E-state index in [4.69, 9.17) is 0 Å². The van der Waals surface area contributed by atoms with E-state index in [1.807, 2.05) is 0 Å². The summed E-state index contributed by atoms with van der Waals surface area (Å²) in [5.74, 6) is -2.31. The number of anilines is 1. The molecule has 1 aliphatic rings. The Kier molecular flexibility index (Phi) is 4.43. The van der Waals surface area contributed by atoms with Crippen LogP contribution in [0, 0.1) is 17.0 Å². The van der Waals surface area contributed by atoms with E-state index in [1.54, 1.807) is 31.2 Å². The molecule has 0 saturated carbocycles. The van der Waals surface area contributed by atoms with Crippen LogP contribution in [0.3, 0.4) is 0 Å². The van der Waals surface area contributed by atoms with Gasteiger partial charge < -0.3 is 5.11 Å². The molecule has 1 saturated heterocycles. The third-order valence-electron chi connectivity index (χ3n) is 3.97. The molecule has 0 aliphatic carbocycles. The third-order valence-corrected chi connectivity index (χ3v) is 3.97. The SMILES string of the molecule is Cc1ccccc1N1C(=O)NC(=O)/C(=C\c2ccc(O)c([N+](=O)[O-])c2)C1=O. The maximum Gasteiger partial charge on any atom is 0.335 e. The van der Waals surface area contributed by atoms with Crippen LogP contribution < -0.4 is 10.2 Å². The average Bonchev–Trinajstić information content (AvgIpc) is 2.61. The monoisotopic (exact) mass is 367 g/mol. The summed E-state index contributed by atoms with van der Waals surface area (Å²) in [5.41, 5.74) is 0.180. The molecule has 0 unspecified atom stereocenters. The average molecular weight is 367 g/mol. The van der Waals surface area contributed by atoms with E-state index in [9.17, 15) is 29.6 Å². The minimum atomic E-state index is -0.912. The second-order valence-electron chi connectivity index (χ2n) is 5.75. The molecule has 1 fully saturated rings. The predicted molar refractivity (Wildman–Crippen MR) is 94.9 cm³/mol. The molecule has 0 atom stereocenters. The van der Waals surface area contributed by atoms with Crippen LogP contribution >= 0.6 is 0 Å². The van der Waals surface area contributed by atoms with E-state index in [2.05, 4.69) is 5.32 Å². The van der Waals surface area contributed by atoms with Gasteiger partial charge in [-0.25, -0.2) is 9.69 Å². The largest absolute Gasteiger partial charge is 0.502 e. The third kappa shape index (κ3) is 3.25. The Hall–Kier alpha value is -4.01. The zero-order valence-corrected chi connectivity index (χ0v) is 14.0. The van der Waals surface area contributed by atoms with Crippen LogP contribution in [0.4, 0.5) is 16.2 Å². The number of imide groups is 2. The van der Waals surface area contributed by atoms with Crippen molar-refractivity contribution in [3.8, 4) is 5.75 Å². The van der Waals surface area contributed by atoms with Crippen LogP contribution in [0.25, 0.3) is 6.08 Å². The minimum Gasteiger partial charge on any atom is -0.502 e. The van der Waals surface area contributed by atoms with Gasteiger partial charge in [0.15, 0.2) is 5.75 Å². The number of aromatic hydroxyl groups is 1. The lowest BCUT2D eigenvalue weighted by Crippen LogP contribution is -2.54. The van der Waals surface area contributed by atoms with E-state index in [1.165, 1.54) is 6.07 Å². The van der Waals surface area contributed by atoms with Crippen molar-refractivity contribution in [3.63, 3.8) is 0 Å². The predicted octanol–water partition coefficient (Wildman–Crippen LogP) is 2.28. The zero-order valence-electron chi connectivity index (χ0n) is 14.0. The maximum absolute atomic E-state index is 12.8. The molecule has 0 aromatic heterocycles. The fraction of sp³-hybridized carbons (Fsp3) is 0.0556. The van der Waals surface area contributed by atoms with Crippen molar-refractivity contribution in [2.75, 3.05) is 4.90 Å². The Morgan fingerprint density at radius 2 is 1.85 bits per heavy atom. The number of hydrogen-bond donors (Lipinski definition) is 2. The van der Waals surface area contributed by atoms with Gasteiger partial charge in [0.05, 0.1) is 10.6 Å². The first kappa shape index (κ1) is 17.8. The fourth-order valence-corrected chi connectivity index (χ4v) is 2.63. The number of amides is 4. The van der Waals surface area contributed by atoms with Crippen LogP contribution in [0.1, 0.15) is 11.1 Å². The molecule has 2 aromatic rings. The fourth-order valence-electron chi connectivity index (χ4n) is 2.63. The van der Waals surface area contributed by atoms with Crippen molar-refractivity contribution in [2.24, 2.45) is 0 Å². The molecule has 1 heterocycles. The summed E-state index contributed by atoms with van der Waals surface area (Å²) < 4.78 is 0. The van der Waals surface area contributed by atoms with Gasteiger partial charge in [0.1, 0.15) is 5.57 Å². The number of aryl methyl sites for hydroxylation is 1. The lowest BCUT2D eigenvalue weighted by Gasteiger charge is -2.27. The number of nitro groups is 1. The number of nitrogens with one attached hydrogen (secondary N) is 1. The van der Waals surface area contributed by atoms with E-state index in [0.717, 1.165) is 23.1 Å². The second-order valence-corrected chi connectivity index (χ2v) is 5.75. The number of benzene rings is 2. The van der Waals surface area contributed by atoms with Gasteiger partial charge in [0, 0.05) is 6.07 Å². The lowest BCUT2D eigenvalue weighted by atomic mass is 10.1. The summed E-state index contributed by atoms with van der Waals surface area (Å²) in [5, 5.41) is 22.5. The second kappa shape index (κ2) is 6.71. The van der Waals surface area contributed by atoms with E-state index < -0.39 is 34.2 Å². The number of para-hydroxylation sites is 1. The van der Waals surface area contributed by atoms with Gasteiger partial charge in [-0.2, -0.15) is 0 Å². The Morgan fingerprint density at radius 3 is 2.52 bits per heavy atom. The first-order valence-electron chi connectivity index (χ1n) is 7.74. The molecule has 2 aromatic carbocycles. The van der Waals surface area contributed by atoms with Gasteiger partial charge in [0.2, 0.25) is 0 Å². The summed E-state index contributed by atoms with van der Waals surface area (Å²) in [6, 6.07) is 9.19. The zero-order chi connectivity index (χ0) is 19.7. The molecule has 0 radical (unpaired) electrons. The summed E-state index contributed by atoms with van der Waals surface area (Å²) in [7, 11) is 0. The molecule has 0 spiro atoms. The molecular weight excluding hydrogens is 354 g/mol. The number of rotatable bonds is 3. The smallest absolute Gasteiger partial charge is 0.335 e. The number of barbiturate groups is 1. The number of nitrogens with zero attached hydrogens (tertiary/aromatic N) is 2. The van der Waals surface area contributed by atoms with Gasteiger partial charge in [-0.05, 0) is 36.3 Å². The van der Waals surface area contributed by atoms with Gasteiger partial charge in [0.25, 0.3) is 11.8 Å². The molecular formula is C18H13N3O6. The van der Waals surface area contributed by atoms with Crippen molar-refractivity contribution >= 4 is 35.3 Å². The van der Waals surface area contributed by atoms with Gasteiger partial charge in [-0.15, -0.1) is 0 Å². The lowest BCUT2D eigenvalue weighted by molar-refractivity contribution is -0.385. The summed E-state index contributed by atoms with van der Waals surface area (Å²) in [6.45, 7) is 1.71. The number of carbonyl (C=O) groups is 3. The first-order valence-corrected chi connectivity index (χ1v) is 7.74. The van der Waals surface area contributed by atoms with Crippen LogP contribution in [-0.2, 0) is 9.59 Å². The molecule has 9 heteroatoms. The van der Waals surface area contributed by atoms with Crippen LogP contribution in [-0.4, -0.2) is 27.9 Å². The highest BCUT2D eigenvalue weighted by molar-refractivity contribution is 6.39. The Morgan fingerprint density at radius 1 is 1.15 bits per heavy atom. The number of carbonyl (C=O) groups excluding carboxylic acids is 3. The summed E-state index contributed by atoms with van der Waals surface area (Å²) in [4.78, 5) is 48.1. The highest BCUT2D eigenvalue weighted by Gasteiger charge is 2.37. The molecule has 3 rings (SSSR count). The standard InChI is InChI=1S/C18H13N3O6/c1-10-4-2-3-5-13(10)20-17(24)12(16(23)19-18(20)25)8-11-6-7-15(22)14(9-11)21(26)27/h2-9,22H,1H3,(H,19,23,25)/b12-8+. The topological polar surface area (TPSA) is 130 Å². The molecule has 0 bridgehead atoms. The molecule has 1 aliphatic heterocycles. The van der Waals surface area contributed by atoms with Crippen molar-refractivity contribution in [1.29, 1.82) is 0 Å². The van der Waals surface area contributed by atoms with Crippen molar-refractivity contribution in [2.45, 2.75) is 6.92 Å². The first-order chi connectivity index (χ1) is 12.8. The van der Waals surface area contributed by atoms with Crippen molar-refractivity contribution in [1.82, 2.24) is 5.32 Å². The Labute approximate surface area is 152 Å². The number of hydrogen-bond acceptors (Lipinski definition) is 6. The molecule has 27 heavy (non-hydrogen) atoms. The Balaban J connectivity index is 2.06. The van der Waals surface area contributed by atoms with Gasteiger partial charge in [-0.3, -0.25) is 25.0 Å². The van der Waals surface area contributed by atoms with Crippen molar-refractivity contribution in [3.05, 3.63) is 69.3 Å². The van der Waals surface area contributed by atoms with E-state index in [0.29, 0.717) is 11.3 Å². The molecule has 9 nitrogen and oxygen atoms in total. The van der Waals surface area contributed by atoms with Crippen LogP contribution in [0.15, 0.2) is 48.0 Å². The molecule has 4 amide bonds. The maximum atomic E-state index is 12.8. The van der Waals surface area contributed by atoms with Crippen molar-refractivity contribution < 1.29 is 24.4 Å². The summed E-state index contributed by atoms with van der Waals surface area (Å²) >= 11 is 0. The molecule has 2 N–H and O–H groups in total. The highest BCUT2D eigenvalue weighted by atomic mass is 16.6. The number of phenolic OH excluding ortho intramolecular Hbond substituents is 1. The van der Waals surface area contributed by atoms with E-state index >= 15 is 0 Å².